The summed E-state index contributed by atoms with van der Waals surface area (Å²) in [5.74, 6) is 0.982. The van der Waals surface area contributed by atoms with Gasteiger partial charge in [0.2, 0.25) is 5.91 Å². The molecule has 0 unspecified atom stereocenters. The van der Waals surface area contributed by atoms with E-state index in [1.54, 1.807) is 11.2 Å². The maximum Gasteiger partial charge on any atom is 0.222 e. The van der Waals surface area contributed by atoms with E-state index in [4.69, 9.17) is 0 Å². The number of carbonyl (C=O) groups excluding carboxylic acids is 1. The van der Waals surface area contributed by atoms with Crippen LogP contribution in [-0.2, 0) is 24.7 Å². The summed E-state index contributed by atoms with van der Waals surface area (Å²) in [6, 6.07) is 0. The molecule has 2 aromatic rings. The lowest BCUT2D eigenvalue weighted by Crippen LogP contribution is -2.28. The third kappa shape index (κ3) is 3.93. The molecule has 0 saturated carbocycles. The lowest BCUT2D eigenvalue weighted by atomic mass is 10.1. The predicted molar refractivity (Wildman–Crippen MR) is 83.3 cm³/mol. The molecule has 0 atom stereocenters. The highest BCUT2D eigenvalue weighted by atomic mass is 16.2. The van der Waals surface area contributed by atoms with E-state index in [2.05, 4.69) is 20.4 Å². The van der Waals surface area contributed by atoms with E-state index in [0.29, 0.717) is 12.8 Å². The van der Waals surface area contributed by atoms with Gasteiger partial charge < -0.3 is 9.47 Å². The second kappa shape index (κ2) is 7.20. The van der Waals surface area contributed by atoms with Gasteiger partial charge in [-0.3, -0.25) is 9.89 Å². The molecule has 0 saturated heterocycles. The Morgan fingerprint density at radius 3 is 2.73 bits per heavy atom. The van der Waals surface area contributed by atoms with E-state index >= 15 is 0 Å². The molecule has 0 aliphatic heterocycles. The van der Waals surface area contributed by atoms with Crippen LogP contribution < -0.4 is 0 Å². The van der Waals surface area contributed by atoms with Crippen molar-refractivity contribution in [1.29, 1.82) is 0 Å². The van der Waals surface area contributed by atoms with Gasteiger partial charge in [-0.15, -0.1) is 10.2 Å². The Bertz CT molecular complexity index is 610. The van der Waals surface area contributed by atoms with Gasteiger partial charge in [-0.1, -0.05) is 0 Å². The zero-order valence-corrected chi connectivity index (χ0v) is 13.8. The maximum atomic E-state index is 12.1. The van der Waals surface area contributed by atoms with Crippen molar-refractivity contribution in [3.63, 3.8) is 0 Å². The monoisotopic (exact) mass is 304 g/mol. The number of amides is 1. The average Bonchev–Trinajstić information content (AvgIpc) is 3.04. The molecule has 1 amide bonds. The average molecular weight is 304 g/mol. The van der Waals surface area contributed by atoms with E-state index in [1.165, 1.54) is 5.56 Å². The maximum absolute atomic E-state index is 12.1. The van der Waals surface area contributed by atoms with Crippen molar-refractivity contribution in [1.82, 2.24) is 29.9 Å². The Hall–Kier alpha value is -2.18. The van der Waals surface area contributed by atoms with E-state index in [9.17, 15) is 4.79 Å². The van der Waals surface area contributed by atoms with Gasteiger partial charge in [0.15, 0.2) is 0 Å². The summed E-state index contributed by atoms with van der Waals surface area (Å²) in [7, 11) is 3.74. The molecule has 7 nitrogen and oxygen atoms in total. The first-order chi connectivity index (χ1) is 10.5. The number of hydrogen-bond acceptors (Lipinski definition) is 4. The van der Waals surface area contributed by atoms with E-state index in [1.807, 2.05) is 32.5 Å². The quantitative estimate of drug-likeness (QED) is 0.833. The van der Waals surface area contributed by atoms with Crippen molar-refractivity contribution in [3.05, 3.63) is 29.1 Å². The highest BCUT2D eigenvalue weighted by molar-refractivity contribution is 5.76. The molecule has 22 heavy (non-hydrogen) atoms. The van der Waals surface area contributed by atoms with Gasteiger partial charge in [-0.05, 0) is 32.3 Å². The van der Waals surface area contributed by atoms with Gasteiger partial charge in [0.05, 0.1) is 5.69 Å². The summed E-state index contributed by atoms with van der Waals surface area (Å²) in [4.78, 5) is 13.9. The van der Waals surface area contributed by atoms with Gasteiger partial charge in [0.1, 0.15) is 12.2 Å². The van der Waals surface area contributed by atoms with Gasteiger partial charge in [0, 0.05) is 39.2 Å². The standard InChI is InChI=1S/C15H24N6O/c1-11-13(12(2)18-17-11)6-5-9-20(3)15(22)8-7-14-19-16-10-21(14)4/h10H,5-9H2,1-4H3,(H,17,18). The second-order valence-corrected chi connectivity index (χ2v) is 5.69. The number of carbonyl (C=O) groups is 1. The smallest absolute Gasteiger partial charge is 0.222 e. The Labute approximate surface area is 130 Å². The van der Waals surface area contributed by atoms with Crippen LogP contribution in [0.4, 0.5) is 0 Å². The zero-order valence-electron chi connectivity index (χ0n) is 13.8. The number of aryl methyl sites for hydroxylation is 4. The minimum atomic E-state index is 0.142. The Morgan fingerprint density at radius 2 is 2.14 bits per heavy atom. The SMILES string of the molecule is Cc1n[nH]c(C)c1CCCN(C)C(=O)CCc1nncn1C. The summed E-state index contributed by atoms with van der Waals surface area (Å²) in [6.45, 7) is 4.79. The second-order valence-electron chi connectivity index (χ2n) is 5.69. The van der Waals surface area contributed by atoms with Crippen molar-refractivity contribution < 1.29 is 4.79 Å². The molecule has 0 aromatic carbocycles. The molecule has 2 rings (SSSR count). The number of hydrogen-bond donors (Lipinski definition) is 1. The Morgan fingerprint density at radius 1 is 1.36 bits per heavy atom. The fourth-order valence-corrected chi connectivity index (χ4v) is 2.50. The lowest BCUT2D eigenvalue weighted by Gasteiger charge is -2.17. The number of aromatic amines is 1. The number of H-pyrrole nitrogens is 1. The highest BCUT2D eigenvalue weighted by Crippen LogP contribution is 2.12. The third-order valence-electron chi connectivity index (χ3n) is 3.99. The van der Waals surface area contributed by atoms with Crippen LogP contribution in [0.3, 0.4) is 0 Å². The summed E-state index contributed by atoms with van der Waals surface area (Å²) in [6.07, 6.45) is 4.62. The van der Waals surface area contributed by atoms with E-state index in [0.717, 1.165) is 36.6 Å². The minimum absolute atomic E-state index is 0.142. The number of aromatic nitrogens is 5. The topological polar surface area (TPSA) is 79.7 Å². The van der Waals surface area contributed by atoms with Crippen LogP contribution in [0.5, 0.6) is 0 Å². The van der Waals surface area contributed by atoms with Crippen LogP contribution in [0, 0.1) is 13.8 Å². The first-order valence-electron chi connectivity index (χ1n) is 7.56. The molecule has 0 fully saturated rings. The Kier molecular flexibility index (Phi) is 5.30. The molecular formula is C15H24N6O. The molecule has 0 spiro atoms. The fourth-order valence-electron chi connectivity index (χ4n) is 2.50. The predicted octanol–water partition coefficient (Wildman–Crippen LogP) is 1.18. The van der Waals surface area contributed by atoms with Crippen LogP contribution in [0.2, 0.25) is 0 Å². The minimum Gasteiger partial charge on any atom is -0.346 e. The van der Waals surface area contributed by atoms with Crippen LogP contribution in [-0.4, -0.2) is 49.4 Å². The molecular weight excluding hydrogens is 280 g/mol. The van der Waals surface area contributed by atoms with Crippen molar-refractivity contribution in [2.75, 3.05) is 13.6 Å². The third-order valence-corrected chi connectivity index (χ3v) is 3.99. The van der Waals surface area contributed by atoms with Gasteiger partial charge in [-0.25, -0.2) is 0 Å². The van der Waals surface area contributed by atoms with E-state index < -0.39 is 0 Å². The lowest BCUT2D eigenvalue weighted by molar-refractivity contribution is -0.129. The molecule has 0 bridgehead atoms. The number of nitrogens with zero attached hydrogens (tertiary/aromatic N) is 5. The first-order valence-corrected chi connectivity index (χ1v) is 7.56. The van der Waals surface area contributed by atoms with Crippen molar-refractivity contribution >= 4 is 5.91 Å². The summed E-state index contributed by atoms with van der Waals surface area (Å²) < 4.78 is 1.84. The fraction of sp³-hybridized carbons (Fsp3) is 0.600. The van der Waals surface area contributed by atoms with Crippen LogP contribution >= 0.6 is 0 Å². The Balaban J connectivity index is 1.73. The van der Waals surface area contributed by atoms with Gasteiger partial charge >= 0.3 is 0 Å². The molecule has 7 heteroatoms. The van der Waals surface area contributed by atoms with Crippen LogP contribution in [0.25, 0.3) is 0 Å². The first kappa shape index (κ1) is 16.2. The molecule has 2 aromatic heterocycles. The van der Waals surface area contributed by atoms with Crippen LogP contribution in [0.15, 0.2) is 6.33 Å². The number of rotatable bonds is 7. The summed E-state index contributed by atoms with van der Waals surface area (Å²) in [5, 5.41) is 15.0. The highest BCUT2D eigenvalue weighted by Gasteiger charge is 2.12. The van der Waals surface area contributed by atoms with Gasteiger partial charge in [-0.2, -0.15) is 5.10 Å². The molecule has 0 aliphatic rings. The molecule has 0 aliphatic carbocycles. The molecule has 2 heterocycles. The van der Waals surface area contributed by atoms with Crippen molar-refractivity contribution in [2.45, 2.75) is 39.5 Å². The zero-order chi connectivity index (χ0) is 16.1. The van der Waals surface area contributed by atoms with Crippen LogP contribution in [0.1, 0.15) is 35.6 Å². The summed E-state index contributed by atoms with van der Waals surface area (Å²) >= 11 is 0. The van der Waals surface area contributed by atoms with E-state index in [-0.39, 0.29) is 5.91 Å². The largest absolute Gasteiger partial charge is 0.346 e. The molecule has 0 radical (unpaired) electrons. The number of nitrogens with one attached hydrogen (secondary N) is 1. The van der Waals surface area contributed by atoms with Crippen molar-refractivity contribution in [2.24, 2.45) is 7.05 Å². The van der Waals surface area contributed by atoms with Gasteiger partial charge in [0.25, 0.3) is 0 Å². The normalized spacial score (nSPS) is 10.9. The molecule has 1 N–H and O–H groups in total. The van der Waals surface area contributed by atoms with Crippen molar-refractivity contribution in [3.8, 4) is 0 Å². The summed E-state index contributed by atoms with van der Waals surface area (Å²) in [5.41, 5.74) is 3.43. The molecule has 120 valence electrons.